The molecular weight excluding hydrogens is 167 g/mol. The fourth-order valence-electron chi connectivity index (χ4n) is 1.30. The Kier molecular flexibility index (Phi) is 2.89. The van der Waals surface area contributed by atoms with Gasteiger partial charge in [-0.25, -0.2) is 9.13 Å². The van der Waals surface area contributed by atoms with Gasteiger partial charge in [-0.3, -0.25) is 0 Å². The first kappa shape index (κ1) is 9.73. The SMILES string of the molecule is CC(C)n1cc[n+](C(C)C)c1P. The van der Waals surface area contributed by atoms with Gasteiger partial charge in [0.2, 0.25) is 0 Å². The van der Waals surface area contributed by atoms with Crippen LogP contribution in [-0.4, -0.2) is 4.57 Å². The monoisotopic (exact) mass is 185 g/mol. The van der Waals surface area contributed by atoms with Gasteiger partial charge in [-0.2, -0.15) is 0 Å². The van der Waals surface area contributed by atoms with E-state index in [4.69, 9.17) is 0 Å². The highest BCUT2D eigenvalue weighted by atomic mass is 31.0. The van der Waals surface area contributed by atoms with Gasteiger partial charge in [-0.15, -0.1) is 0 Å². The van der Waals surface area contributed by atoms with Crippen molar-refractivity contribution in [3.05, 3.63) is 12.4 Å². The van der Waals surface area contributed by atoms with Gasteiger partial charge in [0, 0.05) is 0 Å². The fraction of sp³-hybridized carbons (Fsp3) is 0.667. The van der Waals surface area contributed by atoms with Crippen LogP contribution < -0.4 is 10.1 Å². The van der Waals surface area contributed by atoms with Crippen molar-refractivity contribution in [1.29, 1.82) is 0 Å². The van der Waals surface area contributed by atoms with Gasteiger partial charge < -0.3 is 0 Å². The van der Waals surface area contributed by atoms with E-state index in [2.05, 4.69) is 58.5 Å². The maximum Gasteiger partial charge on any atom is 0.270 e. The minimum absolute atomic E-state index is 0.539. The second-order valence-electron chi connectivity index (χ2n) is 3.66. The number of nitrogens with zero attached hydrogens (tertiary/aromatic N) is 2. The Morgan fingerprint density at radius 2 is 1.92 bits per heavy atom. The molecule has 1 unspecified atom stereocenters. The van der Waals surface area contributed by atoms with Crippen LogP contribution in [0.3, 0.4) is 0 Å². The topological polar surface area (TPSA) is 8.81 Å². The molecule has 0 radical (unpaired) electrons. The van der Waals surface area contributed by atoms with Crippen molar-refractivity contribution in [1.82, 2.24) is 4.57 Å². The lowest BCUT2D eigenvalue weighted by Gasteiger charge is -2.05. The average Bonchev–Trinajstić information content (AvgIpc) is 2.30. The molecule has 0 saturated carbocycles. The fourth-order valence-corrected chi connectivity index (χ4v) is 2.07. The third-order valence-corrected chi connectivity index (χ3v) is 2.63. The highest BCUT2D eigenvalue weighted by Crippen LogP contribution is 2.03. The summed E-state index contributed by atoms with van der Waals surface area (Å²) in [6.45, 7) is 8.77. The molecule has 3 heteroatoms. The van der Waals surface area contributed by atoms with E-state index in [1.54, 1.807) is 0 Å². The predicted molar refractivity (Wildman–Crippen MR) is 54.7 cm³/mol. The summed E-state index contributed by atoms with van der Waals surface area (Å²) in [5.74, 6) is 0. The predicted octanol–water partition coefficient (Wildman–Crippen LogP) is 1.44. The largest absolute Gasteiger partial charge is 0.270 e. The molecular formula is C9H18N2P+. The lowest BCUT2D eigenvalue weighted by Crippen LogP contribution is -2.47. The Bertz CT molecular complexity index is 238. The molecule has 0 aromatic carbocycles. The number of imidazole rings is 1. The van der Waals surface area contributed by atoms with Gasteiger partial charge in [-0.1, -0.05) is 0 Å². The number of hydrogen-bond donors (Lipinski definition) is 0. The quantitative estimate of drug-likeness (QED) is 0.487. The summed E-state index contributed by atoms with van der Waals surface area (Å²) >= 11 is 0. The minimum Gasteiger partial charge on any atom is -0.229 e. The summed E-state index contributed by atoms with van der Waals surface area (Å²) in [7, 11) is 2.79. The maximum atomic E-state index is 2.79. The van der Waals surface area contributed by atoms with Gasteiger partial charge >= 0.3 is 0 Å². The Morgan fingerprint density at radius 1 is 1.33 bits per heavy atom. The van der Waals surface area contributed by atoms with Crippen molar-refractivity contribution >= 4 is 14.8 Å². The van der Waals surface area contributed by atoms with Gasteiger partial charge in [0.1, 0.15) is 12.4 Å². The third-order valence-electron chi connectivity index (χ3n) is 2.03. The summed E-state index contributed by atoms with van der Waals surface area (Å²) in [6.07, 6.45) is 4.26. The molecule has 1 aromatic rings. The smallest absolute Gasteiger partial charge is 0.229 e. The van der Waals surface area contributed by atoms with Crippen LogP contribution in [0.4, 0.5) is 0 Å². The number of aromatic nitrogens is 2. The molecule has 0 fully saturated rings. The van der Waals surface area contributed by atoms with Gasteiger partial charge in [0.25, 0.3) is 5.57 Å². The van der Waals surface area contributed by atoms with Crippen LogP contribution in [0.5, 0.6) is 0 Å². The Balaban J connectivity index is 3.04. The van der Waals surface area contributed by atoms with Crippen LogP contribution in [0.1, 0.15) is 39.8 Å². The maximum absolute atomic E-state index is 2.79. The summed E-state index contributed by atoms with van der Waals surface area (Å²) in [4.78, 5) is 0. The first-order valence-corrected chi connectivity index (χ1v) is 4.99. The minimum atomic E-state index is 0.539. The van der Waals surface area contributed by atoms with Crippen LogP contribution in [-0.2, 0) is 0 Å². The first-order valence-electron chi connectivity index (χ1n) is 4.41. The van der Waals surface area contributed by atoms with E-state index in [0.717, 1.165) is 0 Å². The van der Waals surface area contributed by atoms with Crippen LogP contribution >= 0.6 is 9.24 Å². The second-order valence-corrected chi connectivity index (χ2v) is 4.17. The normalized spacial score (nSPS) is 11.6. The molecule has 0 aliphatic heterocycles. The van der Waals surface area contributed by atoms with Crippen molar-refractivity contribution < 1.29 is 4.57 Å². The van der Waals surface area contributed by atoms with Gasteiger partial charge in [-0.05, 0) is 36.9 Å². The molecule has 68 valence electrons. The van der Waals surface area contributed by atoms with Gasteiger partial charge in [0.15, 0.2) is 0 Å². The van der Waals surface area contributed by atoms with Crippen molar-refractivity contribution in [3.63, 3.8) is 0 Å². The van der Waals surface area contributed by atoms with Crippen molar-refractivity contribution in [2.75, 3.05) is 0 Å². The molecule has 12 heavy (non-hydrogen) atoms. The van der Waals surface area contributed by atoms with Crippen molar-refractivity contribution in [3.8, 4) is 0 Å². The molecule has 0 aliphatic carbocycles. The lowest BCUT2D eigenvalue weighted by atomic mass is 10.4. The lowest BCUT2D eigenvalue weighted by molar-refractivity contribution is -0.698. The molecule has 1 atom stereocenters. The molecule has 1 rings (SSSR count). The standard InChI is InChI=1S/C9H18N2P/c1-7(2)10-5-6-11(8(3)4)9(10)12/h5-8H,12H2,1-4H3/q+1. The molecule has 0 N–H and O–H groups in total. The zero-order valence-electron chi connectivity index (χ0n) is 8.28. The summed E-state index contributed by atoms with van der Waals surface area (Å²) in [5, 5.41) is 0. The molecule has 0 saturated heterocycles. The van der Waals surface area contributed by atoms with Crippen molar-refractivity contribution in [2.24, 2.45) is 0 Å². The molecule has 1 heterocycles. The highest BCUT2D eigenvalue weighted by molar-refractivity contribution is 7.26. The number of hydrogen-bond acceptors (Lipinski definition) is 0. The summed E-state index contributed by atoms with van der Waals surface area (Å²) < 4.78 is 4.51. The van der Waals surface area contributed by atoms with E-state index in [1.807, 2.05) is 0 Å². The van der Waals surface area contributed by atoms with Crippen LogP contribution in [0, 0.1) is 0 Å². The molecule has 2 nitrogen and oxygen atoms in total. The summed E-state index contributed by atoms with van der Waals surface area (Å²) in [6, 6.07) is 1.08. The molecule has 0 spiro atoms. The van der Waals surface area contributed by atoms with E-state index in [9.17, 15) is 0 Å². The van der Waals surface area contributed by atoms with E-state index >= 15 is 0 Å². The van der Waals surface area contributed by atoms with E-state index in [0.29, 0.717) is 12.1 Å². The highest BCUT2D eigenvalue weighted by Gasteiger charge is 2.16. The molecule has 1 aromatic heterocycles. The third kappa shape index (κ3) is 1.69. The second kappa shape index (κ2) is 3.57. The van der Waals surface area contributed by atoms with Crippen molar-refractivity contribution in [2.45, 2.75) is 39.8 Å². The van der Waals surface area contributed by atoms with Crippen LogP contribution in [0.2, 0.25) is 0 Å². The Hall–Kier alpha value is -0.360. The summed E-state index contributed by atoms with van der Waals surface area (Å²) in [5.41, 5.74) is 1.25. The average molecular weight is 185 g/mol. The molecule has 0 aliphatic rings. The zero-order valence-corrected chi connectivity index (χ0v) is 9.44. The molecule has 0 bridgehead atoms. The number of rotatable bonds is 2. The first-order chi connectivity index (χ1) is 5.54. The molecule has 0 amide bonds. The van der Waals surface area contributed by atoms with E-state index in [1.165, 1.54) is 5.57 Å². The van der Waals surface area contributed by atoms with Crippen LogP contribution in [0.15, 0.2) is 12.4 Å². The van der Waals surface area contributed by atoms with E-state index < -0.39 is 0 Å². The van der Waals surface area contributed by atoms with Gasteiger partial charge in [0.05, 0.1) is 12.1 Å². The van der Waals surface area contributed by atoms with E-state index in [-0.39, 0.29) is 0 Å². The Labute approximate surface area is 76.8 Å². The Morgan fingerprint density at radius 3 is 2.17 bits per heavy atom. The van der Waals surface area contributed by atoms with Crippen LogP contribution in [0.25, 0.3) is 0 Å². The zero-order chi connectivity index (χ0) is 9.30.